The third-order valence-corrected chi connectivity index (χ3v) is 3.28. The van der Waals surface area contributed by atoms with Gasteiger partial charge in [-0.15, -0.1) is 0 Å². The maximum Gasteiger partial charge on any atom is 0.138 e. The lowest BCUT2D eigenvalue weighted by atomic mass is 10.0. The molecule has 0 bridgehead atoms. The van der Waals surface area contributed by atoms with Crippen LogP contribution in [0, 0.1) is 5.92 Å². The second kappa shape index (κ2) is 6.77. The molecule has 0 aliphatic carbocycles. The lowest BCUT2D eigenvalue weighted by molar-refractivity contribution is 0.437. The van der Waals surface area contributed by atoms with E-state index in [1.807, 2.05) is 12.1 Å². The molecule has 0 atom stereocenters. The molecule has 0 aromatic heterocycles. The van der Waals surface area contributed by atoms with Gasteiger partial charge in [-0.25, -0.2) is 0 Å². The Hall–Kier alpha value is -0.730. The van der Waals surface area contributed by atoms with Crippen molar-refractivity contribution in [3.63, 3.8) is 0 Å². The fourth-order valence-corrected chi connectivity index (χ4v) is 1.89. The number of benzene rings is 1. The molecule has 2 N–H and O–H groups in total. The van der Waals surface area contributed by atoms with Gasteiger partial charge in [-0.05, 0) is 18.5 Å². The Morgan fingerprint density at radius 3 is 2.62 bits per heavy atom. The summed E-state index contributed by atoms with van der Waals surface area (Å²) < 4.78 is 0. The fourth-order valence-electron chi connectivity index (χ4n) is 1.69. The first-order valence-corrected chi connectivity index (χ1v) is 6.23. The summed E-state index contributed by atoms with van der Waals surface area (Å²) in [6.07, 6.45) is 2.37. The fraction of sp³-hybridized carbons (Fsp3) is 0.538. The van der Waals surface area contributed by atoms with Crippen molar-refractivity contribution < 1.29 is 5.11 Å². The zero-order valence-electron chi connectivity index (χ0n) is 9.96. The van der Waals surface area contributed by atoms with Gasteiger partial charge >= 0.3 is 0 Å². The molecule has 2 nitrogen and oxygen atoms in total. The predicted molar refractivity (Wildman–Crippen MR) is 68.9 cm³/mol. The second-order valence-electron chi connectivity index (χ2n) is 4.06. The van der Waals surface area contributed by atoms with E-state index in [2.05, 4.69) is 19.2 Å². The first kappa shape index (κ1) is 13.3. The molecule has 0 aliphatic heterocycles. The van der Waals surface area contributed by atoms with Gasteiger partial charge in [-0.2, -0.15) is 0 Å². The molecule has 1 aromatic carbocycles. The van der Waals surface area contributed by atoms with E-state index in [0.717, 1.165) is 12.1 Å². The lowest BCUT2D eigenvalue weighted by Crippen LogP contribution is -2.21. The number of nitrogens with one attached hydrogen (secondary N) is 1. The monoisotopic (exact) mass is 241 g/mol. The number of phenols is 1. The van der Waals surface area contributed by atoms with Crippen molar-refractivity contribution in [1.29, 1.82) is 0 Å². The van der Waals surface area contributed by atoms with Crippen LogP contribution in [0.1, 0.15) is 32.3 Å². The van der Waals surface area contributed by atoms with E-state index >= 15 is 0 Å². The maximum absolute atomic E-state index is 9.71. The molecule has 0 spiro atoms. The zero-order chi connectivity index (χ0) is 12.0. The SMILES string of the molecule is CCC(CC)CNCc1cccc(Cl)c1O. The van der Waals surface area contributed by atoms with E-state index in [0.29, 0.717) is 17.5 Å². The van der Waals surface area contributed by atoms with Crippen LogP contribution < -0.4 is 5.32 Å². The molecule has 0 heterocycles. The van der Waals surface area contributed by atoms with Crippen molar-refractivity contribution in [3.8, 4) is 5.75 Å². The van der Waals surface area contributed by atoms with Gasteiger partial charge in [-0.3, -0.25) is 0 Å². The van der Waals surface area contributed by atoms with Crippen LogP contribution in [-0.2, 0) is 6.54 Å². The van der Waals surface area contributed by atoms with Crippen LogP contribution >= 0.6 is 11.6 Å². The highest BCUT2D eigenvalue weighted by molar-refractivity contribution is 6.32. The van der Waals surface area contributed by atoms with Crippen molar-refractivity contribution in [2.75, 3.05) is 6.54 Å². The highest BCUT2D eigenvalue weighted by Crippen LogP contribution is 2.26. The molecular formula is C13H20ClNO. The van der Waals surface area contributed by atoms with E-state index in [-0.39, 0.29) is 5.75 Å². The Balaban J connectivity index is 2.46. The van der Waals surface area contributed by atoms with Gasteiger partial charge in [0.05, 0.1) is 5.02 Å². The normalized spacial score (nSPS) is 11.0. The molecule has 0 unspecified atom stereocenters. The van der Waals surface area contributed by atoms with Crippen molar-refractivity contribution >= 4 is 11.6 Å². The molecular weight excluding hydrogens is 222 g/mol. The molecule has 3 heteroatoms. The van der Waals surface area contributed by atoms with Gasteiger partial charge in [0.15, 0.2) is 0 Å². The topological polar surface area (TPSA) is 32.3 Å². The largest absolute Gasteiger partial charge is 0.506 e. The predicted octanol–water partition coefficient (Wildman–Crippen LogP) is 3.57. The number of aromatic hydroxyl groups is 1. The number of hydrogen-bond donors (Lipinski definition) is 2. The molecule has 1 aromatic rings. The van der Waals surface area contributed by atoms with E-state index < -0.39 is 0 Å². The van der Waals surface area contributed by atoms with E-state index in [1.165, 1.54) is 12.8 Å². The molecule has 0 radical (unpaired) electrons. The summed E-state index contributed by atoms with van der Waals surface area (Å²) in [5.74, 6) is 0.905. The molecule has 0 amide bonds. The van der Waals surface area contributed by atoms with Gasteiger partial charge < -0.3 is 10.4 Å². The zero-order valence-corrected chi connectivity index (χ0v) is 10.7. The molecule has 16 heavy (non-hydrogen) atoms. The van der Waals surface area contributed by atoms with Crippen LogP contribution in [0.25, 0.3) is 0 Å². The summed E-state index contributed by atoms with van der Waals surface area (Å²) in [6.45, 7) is 6.06. The highest BCUT2D eigenvalue weighted by atomic mass is 35.5. The average Bonchev–Trinajstić information content (AvgIpc) is 2.30. The number of hydrogen-bond acceptors (Lipinski definition) is 2. The third kappa shape index (κ3) is 3.69. The second-order valence-corrected chi connectivity index (χ2v) is 4.47. The first-order chi connectivity index (χ1) is 7.69. The molecule has 0 saturated heterocycles. The first-order valence-electron chi connectivity index (χ1n) is 5.86. The van der Waals surface area contributed by atoms with Crippen molar-refractivity contribution in [3.05, 3.63) is 28.8 Å². The van der Waals surface area contributed by atoms with Gasteiger partial charge in [0.25, 0.3) is 0 Å². The Morgan fingerprint density at radius 2 is 2.00 bits per heavy atom. The minimum absolute atomic E-state index is 0.196. The molecule has 0 saturated carbocycles. The standard InChI is InChI=1S/C13H20ClNO/c1-3-10(4-2)8-15-9-11-6-5-7-12(14)13(11)16/h5-7,10,15-16H,3-4,8-9H2,1-2H3. The van der Waals surface area contributed by atoms with Crippen LogP contribution in [0.2, 0.25) is 5.02 Å². The van der Waals surface area contributed by atoms with Crippen molar-refractivity contribution in [2.24, 2.45) is 5.92 Å². The minimum atomic E-state index is 0.196. The third-order valence-electron chi connectivity index (χ3n) is 2.97. The summed E-state index contributed by atoms with van der Waals surface area (Å²) in [5.41, 5.74) is 0.860. The molecule has 1 rings (SSSR count). The summed E-state index contributed by atoms with van der Waals surface area (Å²) >= 11 is 5.83. The molecule has 0 fully saturated rings. The summed E-state index contributed by atoms with van der Waals surface area (Å²) in [6, 6.07) is 5.44. The molecule has 90 valence electrons. The van der Waals surface area contributed by atoms with E-state index in [4.69, 9.17) is 11.6 Å². The van der Waals surface area contributed by atoms with Crippen LogP contribution in [0.3, 0.4) is 0 Å². The Bertz CT molecular complexity index is 324. The summed E-state index contributed by atoms with van der Waals surface area (Å²) in [5, 5.41) is 13.5. The highest BCUT2D eigenvalue weighted by Gasteiger charge is 2.06. The van der Waals surface area contributed by atoms with E-state index in [1.54, 1.807) is 6.07 Å². The number of para-hydroxylation sites is 1. The van der Waals surface area contributed by atoms with Crippen LogP contribution in [0.4, 0.5) is 0 Å². The molecule has 0 aliphatic rings. The summed E-state index contributed by atoms with van der Waals surface area (Å²) in [7, 11) is 0. The van der Waals surface area contributed by atoms with Gasteiger partial charge in [-0.1, -0.05) is 50.4 Å². The minimum Gasteiger partial charge on any atom is -0.506 e. The van der Waals surface area contributed by atoms with Gasteiger partial charge in [0.1, 0.15) is 5.75 Å². The average molecular weight is 242 g/mol. The quantitative estimate of drug-likeness (QED) is 0.798. The number of phenolic OH excluding ortho intramolecular Hbond substituents is 1. The Kier molecular flexibility index (Phi) is 5.64. The van der Waals surface area contributed by atoms with Crippen molar-refractivity contribution in [1.82, 2.24) is 5.32 Å². The van der Waals surface area contributed by atoms with Gasteiger partial charge in [0, 0.05) is 12.1 Å². The van der Waals surface area contributed by atoms with Crippen LogP contribution in [0.5, 0.6) is 5.75 Å². The van der Waals surface area contributed by atoms with Crippen LogP contribution in [-0.4, -0.2) is 11.7 Å². The van der Waals surface area contributed by atoms with Crippen molar-refractivity contribution in [2.45, 2.75) is 33.2 Å². The van der Waals surface area contributed by atoms with Crippen LogP contribution in [0.15, 0.2) is 18.2 Å². The summed E-state index contributed by atoms with van der Waals surface area (Å²) in [4.78, 5) is 0. The Morgan fingerprint density at radius 1 is 1.31 bits per heavy atom. The smallest absolute Gasteiger partial charge is 0.138 e. The van der Waals surface area contributed by atoms with E-state index in [9.17, 15) is 5.11 Å². The maximum atomic E-state index is 9.71. The number of rotatable bonds is 6. The number of halogens is 1. The Labute approximate surface area is 103 Å². The van der Waals surface area contributed by atoms with Gasteiger partial charge in [0.2, 0.25) is 0 Å². The lowest BCUT2D eigenvalue weighted by Gasteiger charge is -2.13.